The van der Waals surface area contributed by atoms with Crippen LogP contribution < -0.4 is 10.6 Å². The number of halogens is 2. The van der Waals surface area contributed by atoms with E-state index in [0.717, 1.165) is 25.1 Å². The lowest BCUT2D eigenvalue weighted by Crippen LogP contribution is -2.32. The second-order valence-electron chi connectivity index (χ2n) is 4.45. The Morgan fingerprint density at radius 3 is 2.45 bits per heavy atom. The molecule has 122 valence electrons. The molecule has 0 aliphatic carbocycles. The van der Waals surface area contributed by atoms with Gasteiger partial charge in [-0.05, 0) is 25.1 Å². The molecule has 0 aliphatic rings. The van der Waals surface area contributed by atoms with Crippen molar-refractivity contribution in [1.29, 1.82) is 0 Å². The summed E-state index contributed by atoms with van der Waals surface area (Å²) < 4.78 is 5.20. The maximum atomic E-state index is 11.9. The molecule has 0 saturated heterocycles. The van der Waals surface area contributed by atoms with Crippen LogP contribution in [0, 0.1) is 0 Å². The molecule has 0 bridgehead atoms. The number of amides is 1. The average molecular weight is 346 g/mol. The number of aromatic nitrogens is 1. The van der Waals surface area contributed by atoms with Crippen LogP contribution in [0.15, 0.2) is 41.3 Å². The lowest BCUT2D eigenvalue weighted by molar-refractivity contribution is 0.0954. The van der Waals surface area contributed by atoms with Crippen molar-refractivity contribution in [2.75, 3.05) is 19.6 Å². The van der Waals surface area contributed by atoms with Crippen molar-refractivity contribution < 1.29 is 9.21 Å². The Kier molecular flexibility index (Phi) is 10.3. The molecule has 5 nitrogen and oxygen atoms in total. The van der Waals surface area contributed by atoms with Crippen molar-refractivity contribution >= 4 is 30.7 Å². The Morgan fingerprint density at radius 2 is 1.86 bits per heavy atom. The minimum Gasteiger partial charge on any atom is -0.444 e. The lowest BCUT2D eigenvalue weighted by atomic mass is 10.1. The van der Waals surface area contributed by atoms with Crippen molar-refractivity contribution in [3.63, 3.8) is 0 Å². The molecule has 2 aromatic rings. The Hall–Kier alpha value is -1.56. The summed E-state index contributed by atoms with van der Waals surface area (Å²) in [5.41, 5.74) is 1.55. The smallest absolute Gasteiger partial charge is 0.251 e. The van der Waals surface area contributed by atoms with Gasteiger partial charge in [0.05, 0.1) is 6.20 Å². The molecule has 2 rings (SSSR count). The van der Waals surface area contributed by atoms with E-state index in [-0.39, 0.29) is 30.7 Å². The Labute approximate surface area is 142 Å². The van der Waals surface area contributed by atoms with Crippen LogP contribution >= 0.6 is 24.8 Å². The van der Waals surface area contributed by atoms with Gasteiger partial charge in [-0.15, -0.1) is 24.8 Å². The van der Waals surface area contributed by atoms with Gasteiger partial charge in [-0.2, -0.15) is 0 Å². The number of nitrogens with zero attached hydrogens (tertiary/aromatic N) is 1. The summed E-state index contributed by atoms with van der Waals surface area (Å²) in [5.74, 6) is 0.633. The van der Waals surface area contributed by atoms with Gasteiger partial charge in [0.25, 0.3) is 5.91 Å². The molecule has 7 heteroatoms. The molecule has 2 N–H and O–H groups in total. The predicted molar refractivity (Wildman–Crippen MR) is 91.9 cm³/mol. The maximum Gasteiger partial charge on any atom is 0.251 e. The fourth-order valence-electron chi connectivity index (χ4n) is 1.81. The lowest BCUT2D eigenvalue weighted by Gasteiger charge is -2.06. The van der Waals surface area contributed by atoms with Gasteiger partial charge in [0, 0.05) is 24.2 Å². The average Bonchev–Trinajstić information content (AvgIpc) is 3.01. The van der Waals surface area contributed by atoms with E-state index in [9.17, 15) is 4.79 Å². The zero-order valence-corrected chi connectivity index (χ0v) is 14.0. The molecule has 22 heavy (non-hydrogen) atoms. The minimum absolute atomic E-state index is 0. The van der Waals surface area contributed by atoms with E-state index in [1.54, 1.807) is 18.3 Å². The van der Waals surface area contributed by atoms with Crippen LogP contribution in [0.1, 0.15) is 23.7 Å². The van der Waals surface area contributed by atoms with Gasteiger partial charge in [-0.3, -0.25) is 4.79 Å². The number of hydrogen-bond donors (Lipinski definition) is 2. The van der Waals surface area contributed by atoms with E-state index in [2.05, 4.69) is 22.5 Å². The molecular weight excluding hydrogens is 325 g/mol. The van der Waals surface area contributed by atoms with Crippen molar-refractivity contribution in [2.45, 2.75) is 13.3 Å². The molecule has 1 heterocycles. The number of rotatable bonds is 7. The van der Waals surface area contributed by atoms with Gasteiger partial charge in [0.2, 0.25) is 0 Å². The van der Waals surface area contributed by atoms with Gasteiger partial charge in [-0.1, -0.05) is 19.1 Å². The van der Waals surface area contributed by atoms with E-state index in [1.165, 1.54) is 6.39 Å². The fourth-order valence-corrected chi connectivity index (χ4v) is 1.81. The molecule has 0 saturated carbocycles. The first-order valence-corrected chi connectivity index (χ1v) is 6.79. The van der Waals surface area contributed by atoms with Crippen LogP contribution in [0.5, 0.6) is 0 Å². The molecule has 0 unspecified atom stereocenters. The van der Waals surface area contributed by atoms with E-state index < -0.39 is 0 Å². The van der Waals surface area contributed by atoms with E-state index in [4.69, 9.17) is 4.42 Å². The third kappa shape index (κ3) is 6.05. The summed E-state index contributed by atoms with van der Waals surface area (Å²) in [6.07, 6.45) is 4.13. The molecule has 0 aliphatic heterocycles. The van der Waals surface area contributed by atoms with Crippen LogP contribution in [-0.2, 0) is 0 Å². The summed E-state index contributed by atoms with van der Waals surface area (Å²) in [6, 6.07) is 7.27. The third-order valence-electron chi connectivity index (χ3n) is 2.88. The first-order chi connectivity index (χ1) is 9.81. The Balaban J connectivity index is 0.00000220. The Morgan fingerprint density at radius 1 is 1.14 bits per heavy atom. The quantitative estimate of drug-likeness (QED) is 0.757. The molecule has 0 atom stereocenters. The molecular formula is C15H21Cl2N3O2. The summed E-state index contributed by atoms with van der Waals surface area (Å²) >= 11 is 0. The number of oxazole rings is 1. The third-order valence-corrected chi connectivity index (χ3v) is 2.88. The first kappa shape index (κ1) is 20.4. The molecule has 0 fully saturated rings. The van der Waals surface area contributed by atoms with E-state index >= 15 is 0 Å². The SMILES string of the molecule is CCCNCCNC(=O)c1ccc(-c2cnco2)cc1.Cl.Cl. The van der Waals surface area contributed by atoms with Crippen LogP contribution in [0.25, 0.3) is 11.3 Å². The summed E-state index contributed by atoms with van der Waals surface area (Å²) in [7, 11) is 0. The number of nitrogens with one attached hydrogen (secondary N) is 2. The monoisotopic (exact) mass is 345 g/mol. The predicted octanol–water partition coefficient (Wildman–Crippen LogP) is 2.91. The van der Waals surface area contributed by atoms with Crippen molar-refractivity contribution in [3.05, 3.63) is 42.4 Å². The van der Waals surface area contributed by atoms with E-state index in [1.807, 2.05) is 12.1 Å². The van der Waals surface area contributed by atoms with Crippen LogP contribution in [-0.4, -0.2) is 30.5 Å². The van der Waals surface area contributed by atoms with Gasteiger partial charge in [-0.25, -0.2) is 4.98 Å². The summed E-state index contributed by atoms with van der Waals surface area (Å²) in [4.78, 5) is 15.8. The van der Waals surface area contributed by atoms with Crippen molar-refractivity contribution in [3.8, 4) is 11.3 Å². The van der Waals surface area contributed by atoms with Crippen molar-refractivity contribution in [2.24, 2.45) is 0 Å². The molecule has 1 aromatic heterocycles. The first-order valence-electron chi connectivity index (χ1n) is 6.79. The summed E-state index contributed by atoms with van der Waals surface area (Å²) in [5, 5.41) is 6.11. The molecule has 0 spiro atoms. The van der Waals surface area contributed by atoms with Gasteiger partial charge in [0.15, 0.2) is 12.2 Å². The highest BCUT2D eigenvalue weighted by molar-refractivity contribution is 5.94. The number of carbonyl (C=O) groups excluding carboxylic acids is 1. The number of benzene rings is 1. The van der Waals surface area contributed by atoms with Crippen LogP contribution in [0.3, 0.4) is 0 Å². The molecule has 0 radical (unpaired) electrons. The second kappa shape index (κ2) is 11.1. The molecule has 1 amide bonds. The van der Waals surface area contributed by atoms with Crippen LogP contribution in [0.4, 0.5) is 0 Å². The Bertz CT molecular complexity index is 530. The highest BCUT2D eigenvalue weighted by atomic mass is 35.5. The van der Waals surface area contributed by atoms with Crippen molar-refractivity contribution in [1.82, 2.24) is 15.6 Å². The highest BCUT2D eigenvalue weighted by Crippen LogP contribution is 2.18. The zero-order valence-electron chi connectivity index (χ0n) is 12.4. The summed E-state index contributed by atoms with van der Waals surface area (Å²) in [6.45, 7) is 4.50. The molecule has 1 aromatic carbocycles. The van der Waals surface area contributed by atoms with Gasteiger partial charge < -0.3 is 15.1 Å². The maximum absolute atomic E-state index is 11.9. The number of hydrogen-bond acceptors (Lipinski definition) is 4. The van der Waals surface area contributed by atoms with Gasteiger partial charge in [0.1, 0.15) is 0 Å². The van der Waals surface area contributed by atoms with E-state index in [0.29, 0.717) is 17.9 Å². The highest BCUT2D eigenvalue weighted by Gasteiger charge is 2.06. The number of carbonyl (C=O) groups is 1. The van der Waals surface area contributed by atoms with Crippen LogP contribution in [0.2, 0.25) is 0 Å². The van der Waals surface area contributed by atoms with Gasteiger partial charge >= 0.3 is 0 Å². The fraction of sp³-hybridized carbons (Fsp3) is 0.333. The normalized spacial score (nSPS) is 9.50. The minimum atomic E-state index is -0.0626. The second-order valence-corrected chi connectivity index (χ2v) is 4.45. The largest absolute Gasteiger partial charge is 0.444 e. The zero-order chi connectivity index (χ0) is 14.2. The topological polar surface area (TPSA) is 67.2 Å². The standard InChI is InChI=1S/C15H19N3O2.2ClH/c1-2-7-16-8-9-18-15(19)13-5-3-12(4-6-13)14-10-17-11-20-14;;/h3-6,10-11,16H,2,7-9H2,1H3,(H,18,19);2*1H.